The molecule has 0 saturated carbocycles. The van der Waals surface area contributed by atoms with Crippen molar-refractivity contribution in [1.29, 1.82) is 0 Å². The molecular formula is C10H12BrN3S. The molecule has 5 heteroatoms. The zero-order valence-corrected chi connectivity index (χ0v) is 11.2. The fourth-order valence-corrected chi connectivity index (χ4v) is 2.39. The molecule has 2 aromatic heterocycles. The van der Waals surface area contributed by atoms with Crippen LogP contribution in [0.3, 0.4) is 0 Å². The molecule has 80 valence electrons. The van der Waals surface area contributed by atoms with Crippen molar-refractivity contribution in [3.05, 3.63) is 21.5 Å². The van der Waals surface area contributed by atoms with E-state index in [9.17, 15) is 0 Å². The van der Waals surface area contributed by atoms with Gasteiger partial charge >= 0.3 is 0 Å². The lowest BCUT2D eigenvalue weighted by Crippen LogP contribution is -2.22. The number of nitrogens with one attached hydrogen (secondary N) is 1. The Morgan fingerprint density at radius 1 is 1.47 bits per heavy atom. The van der Waals surface area contributed by atoms with Crippen LogP contribution in [0.1, 0.15) is 20.8 Å². The summed E-state index contributed by atoms with van der Waals surface area (Å²) >= 11 is 8.69. The first-order valence-corrected chi connectivity index (χ1v) is 5.86. The number of aromatic amines is 1. The number of hydrogen-bond donors (Lipinski definition) is 1. The van der Waals surface area contributed by atoms with Crippen molar-refractivity contribution in [2.24, 2.45) is 0 Å². The number of halogens is 1. The first-order valence-electron chi connectivity index (χ1n) is 4.66. The Morgan fingerprint density at radius 3 is 2.73 bits per heavy atom. The van der Waals surface area contributed by atoms with Crippen LogP contribution >= 0.6 is 28.1 Å². The highest BCUT2D eigenvalue weighted by Crippen LogP contribution is 2.23. The molecule has 3 nitrogen and oxygen atoms in total. The van der Waals surface area contributed by atoms with Gasteiger partial charge in [0.15, 0.2) is 10.4 Å². The Hall–Kier alpha value is -0.680. The Labute approximate surface area is 102 Å². The van der Waals surface area contributed by atoms with Gasteiger partial charge in [0.05, 0.1) is 5.52 Å². The molecule has 0 atom stereocenters. The Bertz CT molecular complexity index is 562. The minimum absolute atomic E-state index is 0.0594. The highest BCUT2D eigenvalue weighted by atomic mass is 79.9. The maximum Gasteiger partial charge on any atom is 0.179 e. The van der Waals surface area contributed by atoms with Gasteiger partial charge in [-0.25, -0.2) is 4.98 Å². The van der Waals surface area contributed by atoms with Gasteiger partial charge in [0.25, 0.3) is 0 Å². The van der Waals surface area contributed by atoms with Gasteiger partial charge in [-0.05, 0) is 55.0 Å². The summed E-state index contributed by atoms with van der Waals surface area (Å²) in [6.45, 7) is 6.33. The molecule has 0 aliphatic carbocycles. The second-order valence-corrected chi connectivity index (χ2v) is 5.76. The number of pyridine rings is 1. The first-order chi connectivity index (χ1) is 6.89. The smallest absolute Gasteiger partial charge is 0.179 e. The van der Waals surface area contributed by atoms with E-state index in [2.05, 4.69) is 46.7 Å². The molecular weight excluding hydrogens is 274 g/mol. The molecule has 2 rings (SSSR count). The van der Waals surface area contributed by atoms with E-state index in [1.807, 2.05) is 10.6 Å². The third-order valence-corrected chi connectivity index (χ3v) is 2.88. The summed E-state index contributed by atoms with van der Waals surface area (Å²) in [4.78, 5) is 7.55. The molecule has 0 spiro atoms. The van der Waals surface area contributed by atoms with Gasteiger partial charge < -0.3 is 4.98 Å². The van der Waals surface area contributed by atoms with E-state index in [0.717, 1.165) is 15.6 Å². The predicted molar refractivity (Wildman–Crippen MR) is 67.6 cm³/mol. The van der Waals surface area contributed by atoms with Gasteiger partial charge in [-0.2, -0.15) is 0 Å². The second-order valence-electron chi connectivity index (χ2n) is 4.46. The average Bonchev–Trinajstić information content (AvgIpc) is 2.38. The topological polar surface area (TPSA) is 33.6 Å². The van der Waals surface area contributed by atoms with Crippen LogP contribution in [-0.4, -0.2) is 14.5 Å². The third-order valence-electron chi connectivity index (χ3n) is 2.16. The van der Waals surface area contributed by atoms with E-state index in [0.29, 0.717) is 4.77 Å². The molecule has 0 radical (unpaired) electrons. The van der Waals surface area contributed by atoms with E-state index >= 15 is 0 Å². The third kappa shape index (κ3) is 1.86. The lowest BCUT2D eigenvalue weighted by molar-refractivity contribution is 0.401. The zero-order chi connectivity index (χ0) is 11.2. The monoisotopic (exact) mass is 285 g/mol. The van der Waals surface area contributed by atoms with Crippen LogP contribution in [0.5, 0.6) is 0 Å². The molecule has 0 aromatic carbocycles. The van der Waals surface area contributed by atoms with E-state index in [-0.39, 0.29) is 5.54 Å². The lowest BCUT2D eigenvalue weighted by atomic mass is 10.1. The highest BCUT2D eigenvalue weighted by Gasteiger charge is 2.18. The van der Waals surface area contributed by atoms with Crippen LogP contribution in [0.15, 0.2) is 16.7 Å². The molecule has 2 aromatic rings. The van der Waals surface area contributed by atoms with Gasteiger partial charge in [-0.3, -0.25) is 4.57 Å². The quantitative estimate of drug-likeness (QED) is 0.750. The summed E-state index contributed by atoms with van der Waals surface area (Å²) < 4.78 is 3.69. The molecule has 0 aliphatic rings. The van der Waals surface area contributed by atoms with Crippen LogP contribution < -0.4 is 0 Å². The summed E-state index contributed by atoms with van der Waals surface area (Å²) in [5, 5.41) is 0. The minimum Gasteiger partial charge on any atom is -0.329 e. The van der Waals surface area contributed by atoms with E-state index in [1.54, 1.807) is 6.20 Å². The molecule has 1 N–H and O–H groups in total. The maximum absolute atomic E-state index is 5.30. The minimum atomic E-state index is -0.0594. The van der Waals surface area contributed by atoms with Gasteiger partial charge in [-0.1, -0.05) is 0 Å². The van der Waals surface area contributed by atoms with Gasteiger partial charge in [-0.15, -0.1) is 0 Å². The van der Waals surface area contributed by atoms with Crippen LogP contribution in [0, 0.1) is 4.77 Å². The van der Waals surface area contributed by atoms with E-state index in [4.69, 9.17) is 12.2 Å². The summed E-state index contributed by atoms with van der Waals surface area (Å²) in [6, 6.07) is 1.99. The second kappa shape index (κ2) is 3.42. The molecule has 0 unspecified atom stereocenters. The normalized spacial score (nSPS) is 12.3. The number of hydrogen-bond acceptors (Lipinski definition) is 2. The van der Waals surface area contributed by atoms with Gasteiger partial charge in [0, 0.05) is 16.2 Å². The van der Waals surface area contributed by atoms with Crippen LogP contribution in [0.4, 0.5) is 0 Å². The lowest BCUT2D eigenvalue weighted by Gasteiger charge is -2.20. The number of H-pyrrole nitrogens is 1. The summed E-state index contributed by atoms with van der Waals surface area (Å²) in [6.07, 6.45) is 1.78. The SMILES string of the molecule is CC(C)(C)n1c(=S)[nH]c2cc(Br)cnc21. The number of fused-ring (bicyclic) bond motifs is 1. The van der Waals surface area contributed by atoms with Crippen molar-refractivity contribution in [3.8, 4) is 0 Å². The molecule has 15 heavy (non-hydrogen) atoms. The molecule has 0 amide bonds. The summed E-state index contributed by atoms with van der Waals surface area (Å²) in [5.41, 5.74) is 1.80. The molecule has 0 bridgehead atoms. The summed E-state index contributed by atoms with van der Waals surface area (Å²) in [7, 11) is 0. The van der Waals surface area contributed by atoms with Crippen LogP contribution in [0.25, 0.3) is 11.2 Å². The number of nitrogens with zero attached hydrogens (tertiary/aromatic N) is 2. The largest absolute Gasteiger partial charge is 0.329 e. The molecule has 2 heterocycles. The number of aromatic nitrogens is 3. The van der Waals surface area contributed by atoms with Crippen molar-refractivity contribution in [2.45, 2.75) is 26.3 Å². The van der Waals surface area contributed by atoms with Gasteiger partial charge in [0.1, 0.15) is 0 Å². The molecule has 0 saturated heterocycles. The number of rotatable bonds is 0. The summed E-state index contributed by atoms with van der Waals surface area (Å²) in [5.74, 6) is 0. The Balaban J connectivity index is 2.86. The highest BCUT2D eigenvalue weighted by molar-refractivity contribution is 9.10. The fraction of sp³-hybridized carbons (Fsp3) is 0.400. The van der Waals surface area contributed by atoms with E-state index < -0.39 is 0 Å². The molecule has 0 fully saturated rings. The standard InChI is InChI=1S/C10H12BrN3S/c1-10(2,3)14-8-7(13-9(14)15)4-6(11)5-12-8/h4-5H,1-3H3,(H,13,15). The predicted octanol–water partition coefficient (Wildman–Crippen LogP) is 3.61. The van der Waals surface area contributed by atoms with Crippen molar-refractivity contribution in [2.75, 3.05) is 0 Å². The van der Waals surface area contributed by atoms with Crippen molar-refractivity contribution in [1.82, 2.24) is 14.5 Å². The van der Waals surface area contributed by atoms with E-state index in [1.165, 1.54) is 0 Å². The Kier molecular flexibility index (Phi) is 2.47. The van der Waals surface area contributed by atoms with Crippen molar-refractivity contribution < 1.29 is 0 Å². The van der Waals surface area contributed by atoms with Gasteiger partial charge in [0.2, 0.25) is 0 Å². The fourth-order valence-electron chi connectivity index (χ4n) is 1.59. The maximum atomic E-state index is 5.30. The van der Waals surface area contributed by atoms with Crippen LogP contribution in [0.2, 0.25) is 0 Å². The average molecular weight is 286 g/mol. The first kappa shape index (κ1) is 10.8. The zero-order valence-electron chi connectivity index (χ0n) is 8.84. The van der Waals surface area contributed by atoms with Crippen molar-refractivity contribution in [3.63, 3.8) is 0 Å². The van der Waals surface area contributed by atoms with Crippen molar-refractivity contribution >= 4 is 39.3 Å². The van der Waals surface area contributed by atoms with Crippen LogP contribution in [-0.2, 0) is 5.54 Å². The molecule has 0 aliphatic heterocycles. The Morgan fingerprint density at radius 2 is 2.13 bits per heavy atom. The number of imidazole rings is 1.